The Morgan fingerprint density at radius 3 is 2.41 bits per heavy atom. The molecule has 1 amide bonds. The summed E-state index contributed by atoms with van der Waals surface area (Å²) in [5.41, 5.74) is 0.639. The maximum atomic E-state index is 12.2. The number of ether oxygens (including phenoxy) is 2. The van der Waals surface area contributed by atoms with Gasteiger partial charge in [0.15, 0.2) is 11.5 Å². The minimum Gasteiger partial charge on any atom is -0.493 e. The number of carboxylic acid groups (broad SMARTS) is 1. The van der Waals surface area contributed by atoms with Crippen LogP contribution in [0.5, 0.6) is 11.5 Å². The molecule has 0 saturated heterocycles. The average molecular weight is 434 g/mol. The third kappa shape index (κ3) is 5.59. The lowest BCUT2D eigenvalue weighted by molar-refractivity contribution is -0.132. The lowest BCUT2D eigenvalue weighted by atomic mass is 10.1. The van der Waals surface area contributed by atoms with Crippen molar-refractivity contribution in [2.24, 2.45) is 0 Å². The molecule has 0 bridgehead atoms. The van der Waals surface area contributed by atoms with Crippen molar-refractivity contribution in [3.8, 4) is 11.5 Å². The van der Waals surface area contributed by atoms with Gasteiger partial charge in [0.25, 0.3) is 5.91 Å². The quantitative estimate of drug-likeness (QED) is 0.641. The molecule has 0 saturated carbocycles. The van der Waals surface area contributed by atoms with Crippen LogP contribution in [0.3, 0.4) is 0 Å². The molecule has 0 unspecified atom stereocenters. The molecular weight excluding hydrogens is 414 g/mol. The molecule has 2 N–H and O–H groups in total. The molecular formula is C20H20BrNO5. The number of rotatable bonds is 7. The molecule has 7 heteroatoms. The van der Waals surface area contributed by atoms with Crippen molar-refractivity contribution in [2.45, 2.75) is 20.0 Å². The average Bonchev–Trinajstić information content (AvgIpc) is 2.63. The fourth-order valence-electron chi connectivity index (χ4n) is 2.28. The molecule has 142 valence electrons. The van der Waals surface area contributed by atoms with Gasteiger partial charge in [0.05, 0.1) is 17.7 Å². The van der Waals surface area contributed by atoms with Crippen LogP contribution in [0.1, 0.15) is 29.8 Å². The topological polar surface area (TPSA) is 84.9 Å². The second kappa shape index (κ2) is 9.23. The van der Waals surface area contributed by atoms with Crippen LogP contribution < -0.4 is 14.8 Å². The molecule has 2 rings (SSSR count). The normalized spacial score (nSPS) is 11.2. The Bertz CT molecular complexity index is 862. The first kappa shape index (κ1) is 20.5. The van der Waals surface area contributed by atoms with E-state index in [-0.39, 0.29) is 11.8 Å². The smallest absolute Gasteiger partial charge is 0.352 e. The van der Waals surface area contributed by atoms with E-state index in [2.05, 4.69) is 21.2 Å². The van der Waals surface area contributed by atoms with Crippen molar-refractivity contribution in [3.05, 3.63) is 63.8 Å². The van der Waals surface area contributed by atoms with Gasteiger partial charge >= 0.3 is 5.97 Å². The molecule has 27 heavy (non-hydrogen) atoms. The van der Waals surface area contributed by atoms with Crippen LogP contribution in [-0.4, -0.2) is 30.2 Å². The monoisotopic (exact) mass is 433 g/mol. The van der Waals surface area contributed by atoms with E-state index in [4.69, 9.17) is 9.47 Å². The minimum absolute atomic E-state index is 0.0590. The van der Waals surface area contributed by atoms with Gasteiger partial charge in [-0.2, -0.15) is 0 Å². The third-order valence-corrected chi connectivity index (χ3v) is 4.02. The van der Waals surface area contributed by atoms with Crippen molar-refractivity contribution in [3.63, 3.8) is 0 Å². The number of carbonyl (C=O) groups excluding carboxylic acids is 1. The van der Waals surface area contributed by atoms with E-state index in [9.17, 15) is 14.7 Å². The van der Waals surface area contributed by atoms with E-state index in [1.807, 2.05) is 13.8 Å². The largest absolute Gasteiger partial charge is 0.493 e. The van der Waals surface area contributed by atoms with Crippen LogP contribution in [0.15, 0.2) is 52.6 Å². The van der Waals surface area contributed by atoms with Crippen LogP contribution >= 0.6 is 15.9 Å². The second-order valence-electron chi connectivity index (χ2n) is 5.88. The van der Waals surface area contributed by atoms with Crippen LogP contribution in [0.2, 0.25) is 0 Å². The summed E-state index contributed by atoms with van der Waals surface area (Å²) >= 11 is 3.41. The predicted octanol–water partition coefficient (Wildman–Crippen LogP) is 4.10. The Kier molecular flexibility index (Phi) is 7.01. The van der Waals surface area contributed by atoms with Crippen LogP contribution in [0.25, 0.3) is 6.08 Å². The van der Waals surface area contributed by atoms with Crippen LogP contribution in [0.4, 0.5) is 0 Å². The zero-order valence-electron chi connectivity index (χ0n) is 15.2. The molecule has 0 aliphatic heterocycles. The van der Waals surface area contributed by atoms with Crippen molar-refractivity contribution >= 4 is 33.9 Å². The van der Waals surface area contributed by atoms with Gasteiger partial charge in [-0.25, -0.2) is 4.79 Å². The molecule has 0 atom stereocenters. The fourth-order valence-corrected chi connectivity index (χ4v) is 2.83. The summed E-state index contributed by atoms with van der Waals surface area (Å²) in [7, 11) is 1.50. The van der Waals surface area contributed by atoms with Gasteiger partial charge in [-0.3, -0.25) is 4.79 Å². The first-order valence-corrected chi connectivity index (χ1v) is 8.96. The summed E-state index contributed by atoms with van der Waals surface area (Å²) in [4.78, 5) is 23.8. The Morgan fingerprint density at radius 1 is 1.19 bits per heavy atom. The molecule has 6 nitrogen and oxygen atoms in total. The van der Waals surface area contributed by atoms with E-state index in [1.165, 1.54) is 13.2 Å². The molecule has 0 fully saturated rings. The van der Waals surface area contributed by atoms with Gasteiger partial charge < -0.3 is 19.9 Å². The number of halogens is 1. The Labute approximate surface area is 165 Å². The maximum absolute atomic E-state index is 12.2. The first-order chi connectivity index (χ1) is 12.8. The van der Waals surface area contributed by atoms with Gasteiger partial charge in [-0.1, -0.05) is 18.2 Å². The summed E-state index contributed by atoms with van der Waals surface area (Å²) in [6.45, 7) is 3.78. The van der Waals surface area contributed by atoms with Crippen molar-refractivity contribution in [2.75, 3.05) is 7.11 Å². The number of aliphatic carboxylic acids is 1. The van der Waals surface area contributed by atoms with Gasteiger partial charge in [0.1, 0.15) is 5.70 Å². The molecule has 0 spiro atoms. The Hall–Kier alpha value is -2.80. The molecule has 0 aromatic heterocycles. The van der Waals surface area contributed by atoms with Gasteiger partial charge in [0, 0.05) is 5.56 Å². The number of nitrogens with one attached hydrogen (secondary N) is 1. The molecule has 0 heterocycles. The van der Waals surface area contributed by atoms with E-state index in [1.54, 1.807) is 42.5 Å². The summed E-state index contributed by atoms with van der Waals surface area (Å²) < 4.78 is 11.7. The predicted molar refractivity (Wildman–Crippen MR) is 106 cm³/mol. The maximum Gasteiger partial charge on any atom is 0.352 e. The summed E-state index contributed by atoms with van der Waals surface area (Å²) in [6.07, 6.45) is 1.30. The SMILES string of the molecule is COc1cc(C=C(NC(=O)c2ccccc2)C(=O)O)cc(Br)c1OC(C)C. The van der Waals surface area contributed by atoms with Crippen molar-refractivity contribution < 1.29 is 24.2 Å². The minimum atomic E-state index is -1.25. The summed E-state index contributed by atoms with van der Waals surface area (Å²) in [6, 6.07) is 11.7. The lowest BCUT2D eigenvalue weighted by Crippen LogP contribution is -2.27. The number of hydrogen-bond acceptors (Lipinski definition) is 4. The number of methoxy groups -OCH3 is 1. The molecule has 0 aliphatic rings. The summed E-state index contributed by atoms with van der Waals surface area (Å²) in [5.74, 6) is -0.787. The number of benzene rings is 2. The highest BCUT2D eigenvalue weighted by atomic mass is 79.9. The number of amides is 1. The zero-order valence-corrected chi connectivity index (χ0v) is 16.7. The van der Waals surface area contributed by atoms with Gasteiger partial charge in [-0.05, 0) is 65.7 Å². The lowest BCUT2D eigenvalue weighted by Gasteiger charge is -2.16. The Balaban J connectivity index is 2.36. The molecule has 2 aromatic carbocycles. The van der Waals surface area contributed by atoms with E-state index in [0.717, 1.165) is 0 Å². The highest BCUT2D eigenvalue weighted by Crippen LogP contribution is 2.37. The second-order valence-corrected chi connectivity index (χ2v) is 6.74. The van der Waals surface area contributed by atoms with Gasteiger partial charge in [-0.15, -0.1) is 0 Å². The molecule has 0 radical (unpaired) electrons. The van der Waals surface area contributed by atoms with Gasteiger partial charge in [0.2, 0.25) is 0 Å². The highest BCUT2D eigenvalue weighted by molar-refractivity contribution is 9.10. The highest BCUT2D eigenvalue weighted by Gasteiger charge is 2.16. The standard InChI is InChI=1S/C20H20BrNO5/c1-12(2)27-18-15(21)9-13(11-17(18)26-3)10-16(20(24)25)22-19(23)14-7-5-4-6-8-14/h4-12H,1-3H3,(H,22,23)(H,24,25). The number of carbonyl (C=O) groups is 2. The fraction of sp³-hybridized carbons (Fsp3) is 0.200. The molecule has 0 aliphatic carbocycles. The van der Waals surface area contributed by atoms with Crippen molar-refractivity contribution in [1.29, 1.82) is 0 Å². The van der Waals surface area contributed by atoms with Crippen LogP contribution in [0, 0.1) is 0 Å². The molecule has 2 aromatic rings. The first-order valence-electron chi connectivity index (χ1n) is 8.17. The number of carboxylic acids is 1. The Morgan fingerprint density at radius 2 is 1.85 bits per heavy atom. The third-order valence-electron chi connectivity index (χ3n) is 3.43. The number of hydrogen-bond donors (Lipinski definition) is 2. The summed E-state index contributed by atoms with van der Waals surface area (Å²) in [5, 5.41) is 11.9. The van der Waals surface area contributed by atoms with Crippen LogP contribution in [-0.2, 0) is 4.79 Å². The van der Waals surface area contributed by atoms with E-state index in [0.29, 0.717) is 27.1 Å². The zero-order chi connectivity index (χ0) is 20.0. The van der Waals surface area contributed by atoms with E-state index < -0.39 is 11.9 Å². The van der Waals surface area contributed by atoms with E-state index >= 15 is 0 Å². The van der Waals surface area contributed by atoms with Crippen molar-refractivity contribution in [1.82, 2.24) is 5.32 Å².